The van der Waals surface area contributed by atoms with Crippen molar-refractivity contribution in [3.63, 3.8) is 0 Å². The molecule has 3 heterocycles. The van der Waals surface area contributed by atoms with Crippen LogP contribution < -0.4 is 10.2 Å². The molecule has 1 atom stereocenters. The Hall–Kier alpha value is -1.62. The van der Waals surface area contributed by atoms with Gasteiger partial charge in [-0.05, 0) is 69.7 Å². The van der Waals surface area contributed by atoms with Gasteiger partial charge in [0.1, 0.15) is 5.82 Å². The van der Waals surface area contributed by atoms with E-state index in [9.17, 15) is 4.79 Å². The van der Waals surface area contributed by atoms with Gasteiger partial charge < -0.3 is 15.1 Å². The van der Waals surface area contributed by atoms with Gasteiger partial charge in [0.2, 0.25) is 5.91 Å². The summed E-state index contributed by atoms with van der Waals surface area (Å²) in [4.78, 5) is 21.5. The molecule has 1 aromatic rings. The highest BCUT2D eigenvalue weighted by Crippen LogP contribution is 2.23. The van der Waals surface area contributed by atoms with E-state index in [-0.39, 0.29) is 0 Å². The summed E-state index contributed by atoms with van der Waals surface area (Å²) in [6.45, 7) is 8.16. The van der Waals surface area contributed by atoms with Crippen LogP contribution in [0.4, 0.5) is 5.82 Å². The third-order valence-electron chi connectivity index (χ3n) is 5.73. The summed E-state index contributed by atoms with van der Waals surface area (Å²) in [5.41, 5.74) is 0. The molecule has 2 fully saturated rings. The molecule has 3 rings (SSSR count). The molecule has 2 aliphatic rings. The van der Waals surface area contributed by atoms with Crippen molar-refractivity contribution >= 4 is 11.7 Å². The number of pyridine rings is 1. The Balaban J connectivity index is 1.42. The number of hydrogen-bond donors (Lipinski definition) is 1. The molecule has 1 unspecified atom stereocenters. The average Bonchev–Trinajstić information content (AvgIpc) is 3.19. The van der Waals surface area contributed by atoms with Gasteiger partial charge in [0, 0.05) is 38.8 Å². The normalized spacial score (nSPS) is 21.5. The predicted octanol–water partition coefficient (Wildman–Crippen LogP) is 2.54. The number of carbonyl (C=O) groups excluding carboxylic acids is 1. The molecule has 5 heteroatoms. The monoisotopic (exact) mass is 344 g/mol. The maximum atomic E-state index is 12.6. The Bertz CT molecular complexity index is 522. The van der Waals surface area contributed by atoms with E-state index in [4.69, 9.17) is 0 Å². The van der Waals surface area contributed by atoms with E-state index in [1.807, 2.05) is 18.3 Å². The number of piperidine rings is 1. The molecule has 5 nitrogen and oxygen atoms in total. The number of nitrogens with zero attached hydrogens (tertiary/aromatic N) is 3. The highest BCUT2D eigenvalue weighted by Gasteiger charge is 2.24. The first-order valence-electron chi connectivity index (χ1n) is 9.90. The van der Waals surface area contributed by atoms with Crippen LogP contribution in [-0.2, 0) is 4.79 Å². The SMILES string of the molecule is CCN(CC1CCN(c2ccccn2)CC1)C(=O)CCC1CCNC1. The van der Waals surface area contributed by atoms with Gasteiger partial charge in [-0.2, -0.15) is 0 Å². The quantitative estimate of drug-likeness (QED) is 0.826. The van der Waals surface area contributed by atoms with Gasteiger partial charge in [0.25, 0.3) is 0 Å². The lowest BCUT2D eigenvalue weighted by Gasteiger charge is -2.35. The van der Waals surface area contributed by atoms with Crippen LogP contribution in [0.5, 0.6) is 0 Å². The van der Waals surface area contributed by atoms with Crippen LogP contribution in [0.15, 0.2) is 24.4 Å². The molecule has 2 saturated heterocycles. The first kappa shape index (κ1) is 18.2. The smallest absolute Gasteiger partial charge is 0.222 e. The summed E-state index contributed by atoms with van der Waals surface area (Å²) in [6.07, 6.45) is 7.14. The van der Waals surface area contributed by atoms with E-state index in [0.717, 1.165) is 64.3 Å². The maximum Gasteiger partial charge on any atom is 0.222 e. The van der Waals surface area contributed by atoms with E-state index < -0.39 is 0 Å². The van der Waals surface area contributed by atoms with E-state index in [1.54, 1.807) is 0 Å². The molecular weight excluding hydrogens is 312 g/mol. The van der Waals surface area contributed by atoms with Crippen molar-refractivity contribution in [2.45, 2.75) is 39.0 Å². The fraction of sp³-hybridized carbons (Fsp3) is 0.700. The van der Waals surface area contributed by atoms with Crippen molar-refractivity contribution in [3.05, 3.63) is 24.4 Å². The van der Waals surface area contributed by atoms with Crippen LogP contribution in [-0.4, -0.2) is 55.1 Å². The lowest BCUT2D eigenvalue weighted by molar-refractivity contribution is -0.132. The minimum absolute atomic E-state index is 0.349. The molecular formula is C20H32N4O. The number of amides is 1. The van der Waals surface area contributed by atoms with Gasteiger partial charge in [-0.3, -0.25) is 4.79 Å². The zero-order valence-electron chi connectivity index (χ0n) is 15.5. The second-order valence-corrected chi connectivity index (χ2v) is 7.45. The van der Waals surface area contributed by atoms with Crippen LogP contribution in [0.1, 0.15) is 39.0 Å². The highest BCUT2D eigenvalue weighted by molar-refractivity contribution is 5.76. The van der Waals surface area contributed by atoms with Crippen LogP contribution in [0, 0.1) is 11.8 Å². The van der Waals surface area contributed by atoms with E-state index >= 15 is 0 Å². The zero-order chi connectivity index (χ0) is 17.5. The average molecular weight is 345 g/mol. The fourth-order valence-electron chi connectivity index (χ4n) is 4.05. The summed E-state index contributed by atoms with van der Waals surface area (Å²) in [5, 5.41) is 3.39. The minimum atomic E-state index is 0.349. The molecule has 2 aliphatic heterocycles. The molecule has 0 spiro atoms. The number of hydrogen-bond acceptors (Lipinski definition) is 4. The van der Waals surface area contributed by atoms with Gasteiger partial charge in [-0.25, -0.2) is 4.98 Å². The third-order valence-corrected chi connectivity index (χ3v) is 5.73. The largest absolute Gasteiger partial charge is 0.357 e. The summed E-state index contributed by atoms with van der Waals surface area (Å²) >= 11 is 0. The van der Waals surface area contributed by atoms with Crippen LogP contribution in [0.2, 0.25) is 0 Å². The Kier molecular flexibility index (Phi) is 6.68. The predicted molar refractivity (Wildman–Crippen MR) is 102 cm³/mol. The lowest BCUT2D eigenvalue weighted by atomic mass is 9.95. The minimum Gasteiger partial charge on any atom is -0.357 e. The Morgan fingerprint density at radius 3 is 2.76 bits per heavy atom. The van der Waals surface area contributed by atoms with Gasteiger partial charge in [0.05, 0.1) is 0 Å². The van der Waals surface area contributed by atoms with Gasteiger partial charge in [-0.15, -0.1) is 0 Å². The van der Waals surface area contributed by atoms with Gasteiger partial charge in [0.15, 0.2) is 0 Å². The summed E-state index contributed by atoms with van der Waals surface area (Å²) in [6, 6.07) is 6.09. The number of aromatic nitrogens is 1. The molecule has 0 saturated carbocycles. The summed E-state index contributed by atoms with van der Waals surface area (Å²) in [7, 11) is 0. The molecule has 1 aromatic heterocycles. The van der Waals surface area contributed by atoms with Crippen molar-refractivity contribution in [2.24, 2.45) is 11.8 Å². The van der Waals surface area contributed by atoms with Crippen LogP contribution >= 0.6 is 0 Å². The number of carbonyl (C=O) groups is 1. The second-order valence-electron chi connectivity index (χ2n) is 7.45. The standard InChI is InChI=1S/C20H32N4O/c1-2-23(20(25)7-6-17-8-12-21-15-17)16-18-9-13-24(14-10-18)19-5-3-4-11-22-19/h3-5,11,17-18,21H,2,6-10,12-16H2,1H3. The molecule has 0 aliphatic carbocycles. The van der Waals surface area contributed by atoms with Gasteiger partial charge in [-0.1, -0.05) is 6.07 Å². The van der Waals surface area contributed by atoms with Crippen molar-refractivity contribution in [3.8, 4) is 0 Å². The Morgan fingerprint density at radius 1 is 1.28 bits per heavy atom. The highest BCUT2D eigenvalue weighted by atomic mass is 16.2. The Labute approximate surface area is 151 Å². The van der Waals surface area contributed by atoms with E-state index in [0.29, 0.717) is 24.2 Å². The van der Waals surface area contributed by atoms with E-state index in [2.05, 4.69) is 33.1 Å². The summed E-state index contributed by atoms with van der Waals surface area (Å²) < 4.78 is 0. The third kappa shape index (κ3) is 5.18. The number of nitrogens with one attached hydrogen (secondary N) is 1. The molecule has 0 aromatic carbocycles. The van der Waals surface area contributed by atoms with Crippen LogP contribution in [0.25, 0.3) is 0 Å². The molecule has 0 bridgehead atoms. The first-order chi connectivity index (χ1) is 12.3. The molecule has 1 amide bonds. The van der Waals surface area contributed by atoms with Crippen molar-refractivity contribution < 1.29 is 4.79 Å². The van der Waals surface area contributed by atoms with Gasteiger partial charge >= 0.3 is 0 Å². The zero-order valence-corrected chi connectivity index (χ0v) is 15.5. The molecule has 1 N–H and O–H groups in total. The maximum absolute atomic E-state index is 12.6. The topological polar surface area (TPSA) is 48.5 Å². The second kappa shape index (κ2) is 9.18. The van der Waals surface area contributed by atoms with Crippen LogP contribution in [0.3, 0.4) is 0 Å². The first-order valence-corrected chi connectivity index (χ1v) is 9.90. The fourth-order valence-corrected chi connectivity index (χ4v) is 4.05. The molecule has 138 valence electrons. The molecule has 25 heavy (non-hydrogen) atoms. The Morgan fingerprint density at radius 2 is 2.12 bits per heavy atom. The van der Waals surface area contributed by atoms with Crippen molar-refractivity contribution in [2.75, 3.05) is 44.2 Å². The number of anilines is 1. The number of rotatable bonds is 7. The van der Waals surface area contributed by atoms with Crippen molar-refractivity contribution in [1.82, 2.24) is 15.2 Å². The lowest BCUT2D eigenvalue weighted by Crippen LogP contribution is -2.41. The molecule has 0 radical (unpaired) electrons. The van der Waals surface area contributed by atoms with E-state index in [1.165, 1.54) is 6.42 Å². The van der Waals surface area contributed by atoms with Crippen molar-refractivity contribution in [1.29, 1.82) is 0 Å². The summed E-state index contributed by atoms with van der Waals surface area (Å²) in [5.74, 6) is 2.75.